The molecule has 0 radical (unpaired) electrons. The molecule has 1 heterocycles. The summed E-state index contributed by atoms with van der Waals surface area (Å²) in [5.74, 6) is 0. The number of rotatable bonds is 5. The molecule has 2 rings (SSSR count). The molecule has 0 aliphatic carbocycles. The number of aliphatic hydroxyl groups is 1. The Morgan fingerprint density at radius 2 is 1.95 bits per heavy atom. The molecule has 20 heavy (non-hydrogen) atoms. The van der Waals surface area contributed by atoms with Gasteiger partial charge in [-0.1, -0.05) is 6.07 Å². The Kier molecular flexibility index (Phi) is 5.15. The van der Waals surface area contributed by atoms with Crippen LogP contribution < -0.4 is 4.90 Å². The lowest BCUT2D eigenvalue weighted by Gasteiger charge is -2.25. The van der Waals surface area contributed by atoms with Gasteiger partial charge in [-0.25, -0.2) is 0 Å². The molecule has 0 spiro atoms. The Morgan fingerprint density at radius 3 is 2.50 bits per heavy atom. The Balaban J connectivity index is 2.23. The summed E-state index contributed by atoms with van der Waals surface area (Å²) in [5, 5.41) is 9.63. The normalized spacial score (nSPS) is 12.2. The van der Waals surface area contributed by atoms with Crippen LogP contribution in [0.5, 0.6) is 0 Å². The van der Waals surface area contributed by atoms with Crippen molar-refractivity contribution in [3.8, 4) is 0 Å². The monoisotopic (exact) mass is 334 g/mol. The van der Waals surface area contributed by atoms with Gasteiger partial charge in [0.2, 0.25) is 0 Å². The second kappa shape index (κ2) is 6.86. The van der Waals surface area contributed by atoms with Gasteiger partial charge in [0.15, 0.2) is 0 Å². The number of aromatic nitrogens is 1. The summed E-state index contributed by atoms with van der Waals surface area (Å²) < 4.78 is 1.01. The van der Waals surface area contributed by atoms with Gasteiger partial charge >= 0.3 is 0 Å². The van der Waals surface area contributed by atoms with E-state index in [4.69, 9.17) is 0 Å². The van der Waals surface area contributed by atoms with E-state index in [0.29, 0.717) is 0 Å². The predicted octanol–water partition coefficient (Wildman–Crippen LogP) is 3.92. The maximum absolute atomic E-state index is 9.63. The molecule has 1 aromatic heterocycles. The molecule has 1 aromatic carbocycles. The van der Waals surface area contributed by atoms with Gasteiger partial charge < -0.3 is 10.0 Å². The molecule has 1 N–H and O–H groups in total. The number of anilines is 1. The van der Waals surface area contributed by atoms with E-state index in [1.807, 2.05) is 36.7 Å². The molecular weight excluding hydrogens is 316 g/mol. The Morgan fingerprint density at radius 1 is 1.25 bits per heavy atom. The molecule has 0 saturated carbocycles. The molecule has 0 aliphatic heterocycles. The first-order valence-corrected chi connectivity index (χ1v) is 7.52. The van der Waals surface area contributed by atoms with Gasteiger partial charge in [0, 0.05) is 30.0 Å². The van der Waals surface area contributed by atoms with E-state index in [-0.39, 0.29) is 0 Å². The maximum atomic E-state index is 9.63. The van der Waals surface area contributed by atoms with Crippen LogP contribution in [-0.2, 0) is 6.54 Å². The average Bonchev–Trinajstić information content (AvgIpc) is 2.46. The first-order valence-electron chi connectivity index (χ1n) is 6.73. The lowest BCUT2D eigenvalue weighted by molar-refractivity contribution is 0.199. The van der Waals surface area contributed by atoms with Crippen molar-refractivity contribution in [2.24, 2.45) is 0 Å². The first-order chi connectivity index (χ1) is 9.61. The fraction of sp³-hybridized carbons (Fsp3) is 0.312. The topological polar surface area (TPSA) is 36.4 Å². The minimum absolute atomic E-state index is 0.448. The fourth-order valence-electron chi connectivity index (χ4n) is 2.12. The summed E-state index contributed by atoms with van der Waals surface area (Å²) >= 11 is 3.61. The SMILES string of the molecule is CCN(Cc1ccncc1)c1ccc([C@@H](C)O)cc1Br. The number of nitrogens with zero attached hydrogens (tertiary/aromatic N) is 2. The van der Waals surface area contributed by atoms with E-state index < -0.39 is 6.10 Å². The third kappa shape index (κ3) is 3.58. The highest BCUT2D eigenvalue weighted by molar-refractivity contribution is 9.10. The van der Waals surface area contributed by atoms with Crippen molar-refractivity contribution in [3.05, 3.63) is 58.3 Å². The molecule has 0 aliphatic rings. The molecule has 0 bridgehead atoms. The number of benzene rings is 1. The van der Waals surface area contributed by atoms with Crippen molar-refractivity contribution in [2.45, 2.75) is 26.5 Å². The minimum atomic E-state index is -0.448. The van der Waals surface area contributed by atoms with Crippen molar-refractivity contribution in [1.82, 2.24) is 4.98 Å². The lowest BCUT2D eigenvalue weighted by Crippen LogP contribution is -2.22. The quantitative estimate of drug-likeness (QED) is 0.900. The molecule has 0 saturated heterocycles. The van der Waals surface area contributed by atoms with E-state index in [1.165, 1.54) is 5.56 Å². The Bertz CT molecular complexity index is 558. The van der Waals surface area contributed by atoms with Gasteiger partial charge in [0.1, 0.15) is 0 Å². The number of halogens is 1. The summed E-state index contributed by atoms with van der Waals surface area (Å²) in [6.07, 6.45) is 3.18. The van der Waals surface area contributed by atoms with Gasteiger partial charge in [-0.15, -0.1) is 0 Å². The second-order valence-electron chi connectivity index (χ2n) is 4.76. The van der Waals surface area contributed by atoms with Crippen molar-refractivity contribution >= 4 is 21.6 Å². The van der Waals surface area contributed by atoms with Crippen LogP contribution in [0.4, 0.5) is 5.69 Å². The zero-order valence-electron chi connectivity index (χ0n) is 11.8. The smallest absolute Gasteiger partial charge is 0.0762 e. The van der Waals surface area contributed by atoms with Crippen molar-refractivity contribution in [1.29, 1.82) is 0 Å². The lowest BCUT2D eigenvalue weighted by atomic mass is 10.1. The van der Waals surface area contributed by atoms with Crippen LogP contribution in [0.15, 0.2) is 47.2 Å². The van der Waals surface area contributed by atoms with Gasteiger partial charge in [-0.3, -0.25) is 4.98 Å². The molecule has 1 atom stereocenters. The van der Waals surface area contributed by atoms with Gasteiger partial charge in [0.05, 0.1) is 11.8 Å². The molecule has 0 fully saturated rings. The van der Waals surface area contributed by atoms with Crippen LogP contribution in [0.25, 0.3) is 0 Å². The van der Waals surface area contributed by atoms with Crippen LogP contribution >= 0.6 is 15.9 Å². The number of hydrogen-bond donors (Lipinski definition) is 1. The predicted molar refractivity (Wildman–Crippen MR) is 85.7 cm³/mol. The minimum Gasteiger partial charge on any atom is -0.389 e. The summed E-state index contributed by atoms with van der Waals surface area (Å²) in [7, 11) is 0. The summed E-state index contributed by atoms with van der Waals surface area (Å²) in [6, 6.07) is 10.1. The third-order valence-corrected chi connectivity index (χ3v) is 3.93. The van der Waals surface area contributed by atoms with Crippen molar-refractivity contribution in [2.75, 3.05) is 11.4 Å². The number of aliphatic hydroxyl groups excluding tert-OH is 1. The molecule has 4 heteroatoms. The highest BCUT2D eigenvalue weighted by Crippen LogP contribution is 2.30. The van der Waals surface area contributed by atoms with Gasteiger partial charge in [-0.2, -0.15) is 0 Å². The fourth-order valence-corrected chi connectivity index (χ4v) is 2.76. The zero-order chi connectivity index (χ0) is 14.5. The Labute approximate surface area is 128 Å². The maximum Gasteiger partial charge on any atom is 0.0762 e. The van der Waals surface area contributed by atoms with Crippen LogP contribution in [0.1, 0.15) is 31.1 Å². The standard InChI is InChI=1S/C16H19BrN2O/c1-3-19(11-13-6-8-18-9-7-13)16-5-4-14(12(2)20)10-15(16)17/h4-10,12,20H,3,11H2,1-2H3/t12-/m1/s1. The highest BCUT2D eigenvalue weighted by atomic mass is 79.9. The highest BCUT2D eigenvalue weighted by Gasteiger charge is 2.11. The molecule has 2 aromatic rings. The molecule has 3 nitrogen and oxygen atoms in total. The number of pyridine rings is 1. The third-order valence-electron chi connectivity index (χ3n) is 3.30. The van der Waals surface area contributed by atoms with Crippen LogP contribution in [0.2, 0.25) is 0 Å². The summed E-state index contributed by atoms with van der Waals surface area (Å²) in [4.78, 5) is 6.33. The van der Waals surface area contributed by atoms with E-state index >= 15 is 0 Å². The van der Waals surface area contributed by atoms with Crippen LogP contribution in [0, 0.1) is 0 Å². The Hall–Kier alpha value is -1.39. The van der Waals surface area contributed by atoms with Gasteiger partial charge in [0.25, 0.3) is 0 Å². The molecule has 0 unspecified atom stereocenters. The van der Waals surface area contributed by atoms with Crippen LogP contribution in [-0.4, -0.2) is 16.6 Å². The van der Waals surface area contributed by atoms with Crippen LogP contribution in [0.3, 0.4) is 0 Å². The van der Waals surface area contributed by atoms with E-state index in [9.17, 15) is 5.11 Å². The summed E-state index contributed by atoms with van der Waals surface area (Å²) in [6.45, 7) is 5.66. The van der Waals surface area contributed by atoms with Crippen molar-refractivity contribution in [3.63, 3.8) is 0 Å². The molecular formula is C16H19BrN2O. The second-order valence-corrected chi connectivity index (χ2v) is 5.61. The van der Waals surface area contributed by atoms with E-state index in [1.54, 1.807) is 6.92 Å². The molecule has 106 valence electrons. The van der Waals surface area contributed by atoms with Crippen molar-refractivity contribution < 1.29 is 5.11 Å². The average molecular weight is 335 g/mol. The largest absolute Gasteiger partial charge is 0.389 e. The van der Waals surface area contributed by atoms with E-state index in [2.05, 4.69) is 38.8 Å². The molecule has 0 amide bonds. The van der Waals surface area contributed by atoms with Gasteiger partial charge in [-0.05, 0) is 65.2 Å². The first kappa shape index (κ1) is 15.0. The summed E-state index contributed by atoms with van der Waals surface area (Å²) in [5.41, 5.74) is 3.28. The van der Waals surface area contributed by atoms with E-state index in [0.717, 1.165) is 28.8 Å². The zero-order valence-corrected chi connectivity index (χ0v) is 13.3. The number of hydrogen-bond acceptors (Lipinski definition) is 3.